The molecule has 8 nitrogen and oxygen atoms in total. The lowest BCUT2D eigenvalue weighted by Crippen LogP contribution is -2.13. The minimum Gasteiger partial charge on any atom is -0.360 e. The Morgan fingerprint density at radius 3 is 2.76 bits per heavy atom. The van der Waals surface area contributed by atoms with Gasteiger partial charge in [-0.05, 0) is 19.1 Å². The second kappa shape index (κ2) is 4.68. The van der Waals surface area contributed by atoms with E-state index in [1.165, 1.54) is 12.1 Å². The standard InChI is InChI=1S/C10H8F3N7O/c1-5-15-8(21-19-5)4-14-6-2-3-7-16-17-9(10(11,12)13)20(7)18-6/h2-3H,4H2,1H3,(H,14,18). The summed E-state index contributed by atoms with van der Waals surface area (Å²) in [6.45, 7) is 1.80. The topological polar surface area (TPSA) is 94.0 Å². The van der Waals surface area contributed by atoms with E-state index in [0.29, 0.717) is 16.2 Å². The van der Waals surface area contributed by atoms with E-state index in [9.17, 15) is 13.2 Å². The van der Waals surface area contributed by atoms with Crippen LogP contribution >= 0.6 is 0 Å². The van der Waals surface area contributed by atoms with Crippen molar-refractivity contribution in [2.24, 2.45) is 0 Å². The van der Waals surface area contributed by atoms with Crippen molar-refractivity contribution in [2.45, 2.75) is 19.6 Å². The minimum atomic E-state index is -4.63. The molecule has 0 aromatic carbocycles. The Balaban J connectivity index is 1.86. The van der Waals surface area contributed by atoms with E-state index in [1.54, 1.807) is 6.92 Å². The van der Waals surface area contributed by atoms with E-state index in [-0.39, 0.29) is 18.0 Å². The lowest BCUT2D eigenvalue weighted by Gasteiger charge is -2.05. The molecule has 0 bridgehead atoms. The highest BCUT2D eigenvalue weighted by atomic mass is 19.4. The number of nitrogens with zero attached hydrogens (tertiary/aromatic N) is 6. The summed E-state index contributed by atoms with van der Waals surface area (Å²) < 4.78 is 43.7. The largest absolute Gasteiger partial charge is 0.453 e. The second-order valence-corrected chi connectivity index (χ2v) is 4.10. The lowest BCUT2D eigenvalue weighted by molar-refractivity contribution is -0.146. The molecule has 0 aliphatic carbocycles. The third-order valence-electron chi connectivity index (χ3n) is 2.51. The Morgan fingerprint density at radius 1 is 1.29 bits per heavy atom. The Kier molecular flexibility index (Phi) is 2.96. The number of fused-ring (bicyclic) bond motifs is 1. The molecule has 0 saturated heterocycles. The molecule has 11 heteroatoms. The summed E-state index contributed by atoms with van der Waals surface area (Å²) >= 11 is 0. The highest BCUT2D eigenvalue weighted by molar-refractivity contribution is 5.44. The molecule has 0 radical (unpaired) electrons. The number of aromatic nitrogens is 6. The number of rotatable bonds is 3. The number of nitrogens with one attached hydrogen (secondary N) is 1. The molecule has 0 amide bonds. The fourth-order valence-electron chi connectivity index (χ4n) is 1.64. The smallest absolute Gasteiger partial charge is 0.360 e. The molecule has 1 N–H and O–H groups in total. The molecule has 0 unspecified atom stereocenters. The van der Waals surface area contributed by atoms with E-state index in [1.807, 2.05) is 0 Å². The molecule has 3 heterocycles. The van der Waals surface area contributed by atoms with Gasteiger partial charge in [-0.1, -0.05) is 5.16 Å². The van der Waals surface area contributed by atoms with Crippen LogP contribution in [-0.2, 0) is 12.7 Å². The van der Waals surface area contributed by atoms with Crippen molar-refractivity contribution >= 4 is 11.5 Å². The molecule has 0 saturated carbocycles. The quantitative estimate of drug-likeness (QED) is 0.782. The Hall–Kier alpha value is -2.72. The molecular formula is C10H8F3N7O. The van der Waals surface area contributed by atoms with Crippen molar-refractivity contribution < 1.29 is 17.7 Å². The van der Waals surface area contributed by atoms with Crippen molar-refractivity contribution in [2.75, 3.05) is 5.32 Å². The molecule has 21 heavy (non-hydrogen) atoms. The summed E-state index contributed by atoms with van der Waals surface area (Å²) in [5.41, 5.74) is 0.00140. The maximum Gasteiger partial charge on any atom is 0.453 e. The Morgan fingerprint density at radius 2 is 2.10 bits per heavy atom. The van der Waals surface area contributed by atoms with E-state index >= 15 is 0 Å². The van der Waals surface area contributed by atoms with Crippen LogP contribution in [-0.4, -0.2) is 30.0 Å². The maximum absolute atomic E-state index is 12.7. The molecule has 3 rings (SSSR count). The lowest BCUT2D eigenvalue weighted by atomic mass is 10.5. The summed E-state index contributed by atoms with van der Waals surface area (Å²) in [7, 11) is 0. The molecule has 0 fully saturated rings. The van der Waals surface area contributed by atoms with Gasteiger partial charge in [0.15, 0.2) is 11.5 Å². The van der Waals surface area contributed by atoms with Crippen LogP contribution in [0.15, 0.2) is 16.7 Å². The average Bonchev–Trinajstić information content (AvgIpc) is 3.01. The Bertz CT molecular complexity index is 778. The summed E-state index contributed by atoms with van der Waals surface area (Å²) in [5, 5.41) is 16.7. The molecule has 3 aromatic heterocycles. The average molecular weight is 299 g/mol. The summed E-state index contributed by atoms with van der Waals surface area (Å²) in [4.78, 5) is 3.96. The third-order valence-corrected chi connectivity index (χ3v) is 2.51. The van der Waals surface area contributed by atoms with E-state index in [2.05, 4.69) is 30.8 Å². The summed E-state index contributed by atoms with van der Waals surface area (Å²) in [6.07, 6.45) is -4.63. The number of aryl methyl sites for hydroxylation is 1. The van der Waals surface area contributed by atoms with Crippen molar-refractivity contribution in [1.29, 1.82) is 0 Å². The van der Waals surface area contributed by atoms with E-state index < -0.39 is 12.0 Å². The van der Waals surface area contributed by atoms with Crippen LogP contribution < -0.4 is 5.32 Å². The molecule has 0 spiro atoms. The molecule has 0 atom stereocenters. The molecule has 3 aromatic rings. The van der Waals surface area contributed by atoms with Crippen molar-refractivity contribution in [3.05, 3.63) is 29.7 Å². The van der Waals surface area contributed by atoms with Gasteiger partial charge in [0.25, 0.3) is 5.82 Å². The first-order valence-electron chi connectivity index (χ1n) is 5.76. The Labute approximate surface area is 115 Å². The monoisotopic (exact) mass is 299 g/mol. The van der Waals surface area contributed by atoms with Gasteiger partial charge in [-0.25, -0.2) is 0 Å². The van der Waals surface area contributed by atoms with Gasteiger partial charge in [-0.2, -0.15) is 22.7 Å². The van der Waals surface area contributed by atoms with Gasteiger partial charge in [0.1, 0.15) is 5.82 Å². The van der Waals surface area contributed by atoms with Crippen LogP contribution in [0.25, 0.3) is 5.65 Å². The summed E-state index contributed by atoms with van der Waals surface area (Å²) in [5.74, 6) is -0.221. The van der Waals surface area contributed by atoms with Crippen LogP contribution in [0.2, 0.25) is 0 Å². The number of alkyl halides is 3. The summed E-state index contributed by atoms with van der Waals surface area (Å²) in [6, 6.07) is 2.85. The molecule has 0 aliphatic heterocycles. The van der Waals surface area contributed by atoms with E-state index in [0.717, 1.165) is 0 Å². The number of halogens is 3. The van der Waals surface area contributed by atoms with Gasteiger partial charge in [0, 0.05) is 0 Å². The third kappa shape index (κ3) is 2.61. The van der Waals surface area contributed by atoms with E-state index in [4.69, 9.17) is 4.52 Å². The predicted molar refractivity (Wildman–Crippen MR) is 62.1 cm³/mol. The number of anilines is 1. The molecule has 110 valence electrons. The second-order valence-electron chi connectivity index (χ2n) is 4.10. The van der Waals surface area contributed by atoms with Crippen LogP contribution in [0.4, 0.5) is 19.0 Å². The minimum absolute atomic E-state index is 0.00140. The van der Waals surface area contributed by atoms with Crippen LogP contribution in [0.1, 0.15) is 17.5 Å². The van der Waals surface area contributed by atoms with Gasteiger partial charge in [-0.3, -0.25) is 0 Å². The van der Waals surface area contributed by atoms with Gasteiger partial charge in [0.2, 0.25) is 5.89 Å². The zero-order chi connectivity index (χ0) is 15.0. The zero-order valence-electron chi connectivity index (χ0n) is 10.6. The first-order valence-corrected chi connectivity index (χ1v) is 5.76. The number of hydrogen-bond acceptors (Lipinski definition) is 7. The van der Waals surface area contributed by atoms with Gasteiger partial charge >= 0.3 is 6.18 Å². The van der Waals surface area contributed by atoms with Crippen molar-refractivity contribution in [3.8, 4) is 0 Å². The highest BCUT2D eigenvalue weighted by Crippen LogP contribution is 2.27. The first kappa shape index (κ1) is 13.3. The van der Waals surface area contributed by atoms with Crippen LogP contribution in [0, 0.1) is 6.92 Å². The van der Waals surface area contributed by atoms with Crippen LogP contribution in [0.5, 0.6) is 0 Å². The van der Waals surface area contributed by atoms with Gasteiger partial charge in [-0.15, -0.1) is 15.3 Å². The normalized spacial score (nSPS) is 12.0. The van der Waals surface area contributed by atoms with Gasteiger partial charge < -0.3 is 9.84 Å². The fraction of sp³-hybridized carbons (Fsp3) is 0.300. The SMILES string of the molecule is Cc1noc(CNc2ccc3nnc(C(F)(F)F)n3n2)n1. The predicted octanol–water partition coefficient (Wildman–Crippen LogP) is 1.45. The first-order chi connectivity index (χ1) is 9.93. The molecular weight excluding hydrogens is 291 g/mol. The van der Waals surface area contributed by atoms with Gasteiger partial charge in [0.05, 0.1) is 6.54 Å². The van der Waals surface area contributed by atoms with Crippen molar-refractivity contribution in [1.82, 2.24) is 30.0 Å². The molecule has 0 aliphatic rings. The highest BCUT2D eigenvalue weighted by Gasteiger charge is 2.37. The van der Waals surface area contributed by atoms with Crippen molar-refractivity contribution in [3.63, 3.8) is 0 Å². The zero-order valence-corrected chi connectivity index (χ0v) is 10.6. The number of hydrogen-bond donors (Lipinski definition) is 1. The van der Waals surface area contributed by atoms with Crippen LogP contribution in [0.3, 0.4) is 0 Å². The maximum atomic E-state index is 12.7. The fourth-order valence-corrected chi connectivity index (χ4v) is 1.64.